The smallest absolute Gasteiger partial charge is 0.412 e. The van der Waals surface area contributed by atoms with Crippen LogP contribution in [0.3, 0.4) is 0 Å². The summed E-state index contributed by atoms with van der Waals surface area (Å²) in [7, 11) is 0. The number of alkyl carbamates (subject to hydrolysis) is 1. The summed E-state index contributed by atoms with van der Waals surface area (Å²) in [5, 5.41) is 5.74. The molecule has 33 heavy (non-hydrogen) atoms. The van der Waals surface area contributed by atoms with Crippen molar-refractivity contribution in [2.24, 2.45) is 5.92 Å². The minimum absolute atomic E-state index is 0.0116. The summed E-state index contributed by atoms with van der Waals surface area (Å²) < 4.78 is 10.9. The van der Waals surface area contributed by atoms with Crippen LogP contribution in [0.25, 0.3) is 0 Å². The van der Waals surface area contributed by atoms with Gasteiger partial charge in [0, 0.05) is 24.4 Å². The molecule has 0 bridgehead atoms. The lowest BCUT2D eigenvalue weighted by atomic mass is 9.75. The molecule has 8 nitrogen and oxygen atoms in total. The molecule has 184 valence electrons. The van der Waals surface area contributed by atoms with Gasteiger partial charge in [-0.15, -0.1) is 0 Å². The summed E-state index contributed by atoms with van der Waals surface area (Å²) in [6, 6.07) is 1.61. The van der Waals surface area contributed by atoms with E-state index in [4.69, 9.17) is 9.47 Å². The van der Waals surface area contributed by atoms with Gasteiger partial charge in [-0.05, 0) is 77.8 Å². The molecule has 2 rings (SSSR count). The molecule has 0 aromatic carbocycles. The Hall–Kier alpha value is -2.29. The van der Waals surface area contributed by atoms with Gasteiger partial charge in [0.2, 0.25) is 0 Å². The summed E-state index contributed by atoms with van der Waals surface area (Å²) in [6.45, 7) is 14.5. The molecule has 1 aliphatic rings. The van der Waals surface area contributed by atoms with Gasteiger partial charge in [0.05, 0.1) is 11.9 Å². The van der Waals surface area contributed by atoms with E-state index in [2.05, 4.69) is 22.5 Å². The molecule has 1 heterocycles. The van der Waals surface area contributed by atoms with Crippen molar-refractivity contribution in [1.29, 1.82) is 0 Å². The van der Waals surface area contributed by atoms with Gasteiger partial charge >= 0.3 is 12.2 Å². The lowest BCUT2D eigenvalue weighted by Crippen LogP contribution is -2.50. The number of anilines is 1. The number of nitrogens with zero attached hydrogens (tertiary/aromatic N) is 1. The highest BCUT2D eigenvalue weighted by molar-refractivity contribution is 8.14. The lowest BCUT2D eigenvalue weighted by molar-refractivity contribution is -0.109. The molecule has 1 saturated carbocycles. The van der Waals surface area contributed by atoms with Gasteiger partial charge in [0.15, 0.2) is 5.12 Å². The van der Waals surface area contributed by atoms with Crippen molar-refractivity contribution >= 4 is 34.8 Å². The minimum atomic E-state index is -0.622. The maximum atomic E-state index is 12.5. The van der Waals surface area contributed by atoms with Crippen LogP contribution in [-0.4, -0.2) is 44.8 Å². The second-order valence-corrected chi connectivity index (χ2v) is 11.9. The van der Waals surface area contributed by atoms with Crippen molar-refractivity contribution in [1.82, 2.24) is 10.3 Å². The molecule has 0 radical (unpaired) electrons. The van der Waals surface area contributed by atoms with Crippen LogP contribution < -0.4 is 10.6 Å². The van der Waals surface area contributed by atoms with Gasteiger partial charge in [0.25, 0.3) is 0 Å². The van der Waals surface area contributed by atoms with Crippen LogP contribution in [0.4, 0.5) is 15.3 Å². The van der Waals surface area contributed by atoms with Crippen molar-refractivity contribution in [3.8, 4) is 0 Å². The maximum absolute atomic E-state index is 12.5. The number of nitrogens with one attached hydrogen (secondary N) is 2. The van der Waals surface area contributed by atoms with Crippen molar-refractivity contribution in [2.75, 3.05) is 5.32 Å². The van der Waals surface area contributed by atoms with E-state index in [1.54, 1.807) is 40.1 Å². The van der Waals surface area contributed by atoms with E-state index in [1.165, 1.54) is 11.8 Å². The largest absolute Gasteiger partial charge is 0.444 e. The van der Waals surface area contributed by atoms with E-state index in [0.717, 1.165) is 12.0 Å². The van der Waals surface area contributed by atoms with Crippen LogP contribution in [0.2, 0.25) is 0 Å². The zero-order valence-electron chi connectivity index (χ0n) is 20.9. The standard InChI is InChI=1S/C24H37N3O5S/c1-14-11-16(17-9-10-25-13-19(17)27-22(30)32-24(6,7)8)12-18(20(14)33-15(2)28)26-21(29)31-23(3,4)5/h9-10,13-14,16,18,20H,11-12H2,1-8H3,(H,26,29)(H,27,30). The number of rotatable bonds is 4. The van der Waals surface area contributed by atoms with E-state index in [-0.39, 0.29) is 28.2 Å². The van der Waals surface area contributed by atoms with Crippen LogP contribution in [0.5, 0.6) is 0 Å². The number of carbonyl (C=O) groups is 3. The number of amides is 2. The van der Waals surface area contributed by atoms with E-state index < -0.39 is 23.4 Å². The average molecular weight is 480 g/mol. The Balaban J connectivity index is 2.26. The van der Waals surface area contributed by atoms with Gasteiger partial charge in [-0.25, -0.2) is 9.59 Å². The van der Waals surface area contributed by atoms with E-state index in [0.29, 0.717) is 12.1 Å². The Bertz CT molecular complexity index is 862. The normalized spacial score (nSPS) is 23.4. The van der Waals surface area contributed by atoms with Crippen LogP contribution in [0, 0.1) is 5.92 Å². The third-order valence-corrected chi connectivity index (χ3v) is 6.48. The Morgan fingerprint density at radius 3 is 2.21 bits per heavy atom. The Labute approximate surface area is 201 Å². The summed E-state index contributed by atoms with van der Waals surface area (Å²) in [4.78, 5) is 41.0. The molecule has 4 unspecified atom stereocenters. The van der Waals surface area contributed by atoms with E-state index in [1.807, 2.05) is 26.8 Å². The molecular formula is C24H37N3O5S. The molecule has 1 aliphatic carbocycles. The Kier molecular flexibility index (Phi) is 8.79. The molecule has 0 aliphatic heterocycles. The van der Waals surface area contributed by atoms with Gasteiger partial charge in [0.1, 0.15) is 11.2 Å². The second kappa shape index (κ2) is 10.8. The predicted octanol–water partition coefficient (Wildman–Crippen LogP) is 5.48. The van der Waals surface area contributed by atoms with Crippen molar-refractivity contribution in [2.45, 2.75) is 96.6 Å². The molecular weight excluding hydrogens is 442 g/mol. The number of pyridine rings is 1. The fourth-order valence-corrected chi connectivity index (χ4v) is 5.11. The molecule has 0 saturated heterocycles. The summed E-state index contributed by atoms with van der Waals surface area (Å²) >= 11 is 1.26. The first-order valence-corrected chi connectivity index (χ1v) is 12.1. The lowest BCUT2D eigenvalue weighted by Gasteiger charge is -2.40. The van der Waals surface area contributed by atoms with Crippen molar-refractivity contribution in [3.05, 3.63) is 24.0 Å². The Morgan fingerprint density at radius 1 is 1.03 bits per heavy atom. The fraction of sp³-hybridized carbons (Fsp3) is 0.667. The van der Waals surface area contributed by atoms with Crippen molar-refractivity contribution in [3.63, 3.8) is 0 Å². The van der Waals surface area contributed by atoms with Gasteiger partial charge in [-0.1, -0.05) is 18.7 Å². The summed E-state index contributed by atoms with van der Waals surface area (Å²) in [5.41, 5.74) is 0.260. The zero-order valence-corrected chi connectivity index (χ0v) is 21.7. The highest BCUT2D eigenvalue weighted by atomic mass is 32.2. The molecule has 9 heteroatoms. The minimum Gasteiger partial charge on any atom is -0.444 e. The highest BCUT2D eigenvalue weighted by Crippen LogP contribution is 2.43. The SMILES string of the molecule is CC(=O)SC1C(C)CC(c2ccncc2NC(=O)OC(C)(C)C)CC1NC(=O)OC(C)(C)C. The fourth-order valence-electron chi connectivity index (χ4n) is 4.04. The quantitative estimate of drug-likeness (QED) is 0.588. The first kappa shape index (κ1) is 27.0. The molecule has 2 amide bonds. The number of hydrogen-bond donors (Lipinski definition) is 2. The predicted molar refractivity (Wildman–Crippen MR) is 130 cm³/mol. The van der Waals surface area contributed by atoms with Crippen LogP contribution in [0.1, 0.15) is 79.7 Å². The summed E-state index contributed by atoms with van der Waals surface area (Å²) in [6.07, 6.45) is 3.64. The van der Waals surface area contributed by atoms with Gasteiger partial charge < -0.3 is 14.8 Å². The first-order chi connectivity index (χ1) is 15.1. The topological polar surface area (TPSA) is 107 Å². The number of aromatic nitrogens is 1. The molecule has 1 fully saturated rings. The molecule has 4 atom stereocenters. The monoisotopic (exact) mass is 479 g/mol. The number of carbonyl (C=O) groups excluding carboxylic acids is 3. The molecule has 1 aromatic heterocycles. The van der Waals surface area contributed by atoms with E-state index >= 15 is 0 Å². The van der Waals surface area contributed by atoms with Crippen LogP contribution in [-0.2, 0) is 14.3 Å². The average Bonchev–Trinajstić information content (AvgIpc) is 2.61. The van der Waals surface area contributed by atoms with Crippen molar-refractivity contribution < 1.29 is 23.9 Å². The summed E-state index contributed by atoms with van der Waals surface area (Å²) in [5.74, 6) is 0.178. The zero-order chi connectivity index (χ0) is 25.0. The number of thioether (sulfide) groups is 1. The highest BCUT2D eigenvalue weighted by Gasteiger charge is 2.39. The van der Waals surface area contributed by atoms with E-state index in [9.17, 15) is 14.4 Å². The first-order valence-electron chi connectivity index (χ1n) is 11.3. The Morgan fingerprint density at radius 2 is 1.64 bits per heavy atom. The second-order valence-electron chi connectivity index (χ2n) is 10.6. The third kappa shape index (κ3) is 8.87. The molecule has 0 spiro atoms. The van der Waals surface area contributed by atoms with Crippen LogP contribution in [0.15, 0.2) is 18.5 Å². The molecule has 2 N–H and O–H groups in total. The van der Waals surface area contributed by atoms with Gasteiger partial charge in [-0.2, -0.15) is 0 Å². The third-order valence-electron chi connectivity index (χ3n) is 5.09. The number of hydrogen-bond acceptors (Lipinski definition) is 7. The number of ether oxygens (including phenoxy) is 2. The molecule has 1 aromatic rings. The maximum Gasteiger partial charge on any atom is 0.412 e. The van der Waals surface area contributed by atoms with Crippen LogP contribution >= 0.6 is 11.8 Å². The van der Waals surface area contributed by atoms with Gasteiger partial charge in [-0.3, -0.25) is 15.1 Å².